The van der Waals surface area contributed by atoms with Gasteiger partial charge in [0.2, 0.25) is 0 Å². The number of nitrogens with two attached hydrogens (primary N) is 1. The Morgan fingerprint density at radius 3 is 2.69 bits per heavy atom. The molecule has 0 amide bonds. The molecule has 2 N–H and O–H groups in total. The van der Waals surface area contributed by atoms with Crippen LogP contribution < -0.4 is 10.6 Å². The van der Waals surface area contributed by atoms with Crippen LogP contribution in [0, 0.1) is 0 Å². The summed E-state index contributed by atoms with van der Waals surface area (Å²) in [6.45, 7) is 4.16. The van der Waals surface area contributed by atoms with E-state index in [1.54, 1.807) is 18.3 Å². The molecule has 1 aromatic rings. The molecule has 88 valence electrons. The van der Waals surface area contributed by atoms with Gasteiger partial charge in [0.25, 0.3) is 0 Å². The van der Waals surface area contributed by atoms with E-state index in [1.807, 2.05) is 18.7 Å². The number of hydrogen-bond acceptors (Lipinski definition) is 5. The smallest absolute Gasteiger partial charge is 0.325 e. The van der Waals surface area contributed by atoms with Gasteiger partial charge in [0.1, 0.15) is 12.4 Å². The van der Waals surface area contributed by atoms with Crippen LogP contribution in [-0.4, -0.2) is 30.6 Å². The first-order valence-corrected chi connectivity index (χ1v) is 5.09. The second-order valence-corrected chi connectivity index (χ2v) is 3.75. The number of esters is 1. The van der Waals surface area contributed by atoms with Crippen LogP contribution in [0.15, 0.2) is 18.3 Å². The topological polar surface area (TPSA) is 68.5 Å². The Balaban J connectivity index is 2.85. The molecule has 0 fully saturated rings. The highest BCUT2D eigenvalue weighted by molar-refractivity contribution is 5.75. The average molecular weight is 223 g/mol. The summed E-state index contributed by atoms with van der Waals surface area (Å²) >= 11 is 0. The number of nitrogen functional groups attached to an aromatic ring is 1. The van der Waals surface area contributed by atoms with Crippen LogP contribution in [0.1, 0.15) is 13.8 Å². The molecule has 5 nitrogen and oxygen atoms in total. The summed E-state index contributed by atoms with van der Waals surface area (Å²) in [6.07, 6.45) is 1.57. The first-order valence-electron chi connectivity index (χ1n) is 5.09. The summed E-state index contributed by atoms with van der Waals surface area (Å²) in [5, 5.41) is 0. The van der Waals surface area contributed by atoms with Gasteiger partial charge in [-0.2, -0.15) is 0 Å². The summed E-state index contributed by atoms with van der Waals surface area (Å²) in [5.74, 6) is 0.432. The predicted molar refractivity (Wildman–Crippen MR) is 63.1 cm³/mol. The second kappa shape index (κ2) is 5.34. The molecule has 1 rings (SSSR count). The summed E-state index contributed by atoms with van der Waals surface area (Å²) in [5.41, 5.74) is 6.16. The van der Waals surface area contributed by atoms with Crippen molar-refractivity contribution in [3.63, 3.8) is 0 Å². The van der Waals surface area contributed by atoms with Gasteiger partial charge in [0.15, 0.2) is 0 Å². The Morgan fingerprint density at radius 1 is 1.56 bits per heavy atom. The van der Waals surface area contributed by atoms with Gasteiger partial charge in [0, 0.05) is 6.04 Å². The fraction of sp³-hybridized carbons (Fsp3) is 0.455. The van der Waals surface area contributed by atoms with Crippen molar-refractivity contribution in [3.05, 3.63) is 18.3 Å². The quantitative estimate of drug-likeness (QED) is 0.773. The standard InChI is InChI=1S/C11H17N3O2/c1-8(2)14(7-11(15)16-3)10-5-4-9(12)6-13-10/h4-6,8H,7,12H2,1-3H3. The molecule has 0 saturated heterocycles. The maximum atomic E-state index is 11.3. The second-order valence-electron chi connectivity index (χ2n) is 3.75. The number of methoxy groups -OCH3 is 1. The van der Waals surface area contributed by atoms with Crippen molar-refractivity contribution in [2.45, 2.75) is 19.9 Å². The third-order valence-electron chi connectivity index (χ3n) is 2.22. The molecule has 0 saturated carbocycles. The number of hydrogen-bond donors (Lipinski definition) is 1. The van der Waals surface area contributed by atoms with Gasteiger partial charge in [-0.25, -0.2) is 4.98 Å². The fourth-order valence-corrected chi connectivity index (χ4v) is 1.30. The molecule has 0 atom stereocenters. The summed E-state index contributed by atoms with van der Waals surface area (Å²) < 4.78 is 4.64. The average Bonchev–Trinajstić information content (AvgIpc) is 2.26. The van der Waals surface area contributed by atoms with E-state index in [-0.39, 0.29) is 18.6 Å². The Labute approximate surface area is 95.2 Å². The minimum absolute atomic E-state index is 0.162. The van der Waals surface area contributed by atoms with Gasteiger partial charge in [-0.1, -0.05) is 0 Å². The molecule has 0 aliphatic rings. The summed E-state index contributed by atoms with van der Waals surface area (Å²) in [6, 6.07) is 3.71. The van der Waals surface area contributed by atoms with Crippen molar-refractivity contribution in [2.24, 2.45) is 0 Å². The third-order valence-corrected chi connectivity index (χ3v) is 2.22. The SMILES string of the molecule is COC(=O)CN(c1ccc(N)cn1)C(C)C. The molecule has 0 aliphatic carbocycles. The molecular formula is C11H17N3O2. The van der Waals surface area contributed by atoms with Crippen LogP contribution in [0.2, 0.25) is 0 Å². The highest BCUT2D eigenvalue weighted by Gasteiger charge is 2.15. The third kappa shape index (κ3) is 3.12. The highest BCUT2D eigenvalue weighted by atomic mass is 16.5. The normalized spacial score (nSPS) is 10.2. The van der Waals surface area contributed by atoms with Gasteiger partial charge >= 0.3 is 5.97 Å². The zero-order valence-corrected chi connectivity index (χ0v) is 9.80. The largest absolute Gasteiger partial charge is 0.468 e. The van der Waals surface area contributed by atoms with Gasteiger partial charge < -0.3 is 15.4 Å². The predicted octanol–water partition coefficient (Wildman–Crippen LogP) is 1.05. The minimum atomic E-state index is -0.285. The number of carbonyl (C=O) groups is 1. The van der Waals surface area contributed by atoms with Crippen LogP contribution in [-0.2, 0) is 9.53 Å². The van der Waals surface area contributed by atoms with Crippen LogP contribution >= 0.6 is 0 Å². The minimum Gasteiger partial charge on any atom is -0.468 e. The van der Waals surface area contributed by atoms with E-state index in [4.69, 9.17) is 5.73 Å². The summed E-state index contributed by atoms with van der Waals surface area (Å²) in [4.78, 5) is 17.3. The van der Waals surface area contributed by atoms with Gasteiger partial charge in [0.05, 0.1) is 19.0 Å². The molecule has 0 unspecified atom stereocenters. The molecule has 1 heterocycles. The molecule has 0 spiro atoms. The van der Waals surface area contributed by atoms with E-state index in [0.29, 0.717) is 5.69 Å². The Bertz CT molecular complexity index is 349. The first kappa shape index (κ1) is 12.3. The van der Waals surface area contributed by atoms with E-state index in [2.05, 4.69) is 9.72 Å². The Morgan fingerprint density at radius 2 is 2.25 bits per heavy atom. The van der Waals surface area contributed by atoms with Crippen LogP contribution in [0.25, 0.3) is 0 Å². The van der Waals surface area contributed by atoms with Gasteiger partial charge in [-0.05, 0) is 26.0 Å². The van der Waals surface area contributed by atoms with E-state index >= 15 is 0 Å². The van der Waals surface area contributed by atoms with E-state index in [0.717, 1.165) is 5.82 Å². The molecule has 5 heteroatoms. The van der Waals surface area contributed by atoms with Crippen molar-refractivity contribution in [1.82, 2.24) is 4.98 Å². The molecular weight excluding hydrogens is 206 g/mol. The lowest BCUT2D eigenvalue weighted by Gasteiger charge is -2.26. The van der Waals surface area contributed by atoms with Crippen molar-refractivity contribution in [1.29, 1.82) is 0 Å². The zero-order valence-electron chi connectivity index (χ0n) is 9.80. The number of aromatic nitrogens is 1. The first-order chi connectivity index (χ1) is 7.54. The lowest BCUT2D eigenvalue weighted by atomic mass is 10.3. The number of carbonyl (C=O) groups excluding carboxylic acids is 1. The molecule has 0 bridgehead atoms. The Kier molecular flexibility index (Phi) is 4.10. The van der Waals surface area contributed by atoms with Crippen molar-refractivity contribution < 1.29 is 9.53 Å². The maximum absolute atomic E-state index is 11.3. The lowest BCUT2D eigenvalue weighted by molar-refractivity contribution is -0.139. The van der Waals surface area contributed by atoms with Crippen molar-refractivity contribution in [2.75, 3.05) is 24.3 Å². The molecule has 0 aliphatic heterocycles. The summed E-state index contributed by atoms with van der Waals surface area (Å²) in [7, 11) is 1.37. The van der Waals surface area contributed by atoms with E-state index < -0.39 is 0 Å². The van der Waals surface area contributed by atoms with E-state index in [9.17, 15) is 4.79 Å². The molecule has 1 aromatic heterocycles. The van der Waals surface area contributed by atoms with Crippen molar-refractivity contribution in [3.8, 4) is 0 Å². The van der Waals surface area contributed by atoms with Crippen LogP contribution in [0.4, 0.5) is 11.5 Å². The molecule has 0 radical (unpaired) electrons. The van der Waals surface area contributed by atoms with Crippen molar-refractivity contribution >= 4 is 17.5 Å². The molecule has 16 heavy (non-hydrogen) atoms. The zero-order chi connectivity index (χ0) is 12.1. The molecule has 0 aromatic carbocycles. The number of anilines is 2. The van der Waals surface area contributed by atoms with Gasteiger partial charge in [-0.15, -0.1) is 0 Å². The van der Waals surface area contributed by atoms with Gasteiger partial charge in [-0.3, -0.25) is 4.79 Å². The maximum Gasteiger partial charge on any atom is 0.325 e. The highest BCUT2D eigenvalue weighted by Crippen LogP contribution is 2.14. The van der Waals surface area contributed by atoms with Crippen LogP contribution in [0.3, 0.4) is 0 Å². The fourth-order valence-electron chi connectivity index (χ4n) is 1.30. The monoisotopic (exact) mass is 223 g/mol. The lowest BCUT2D eigenvalue weighted by Crippen LogP contribution is -2.36. The Hall–Kier alpha value is -1.78. The van der Waals surface area contributed by atoms with Crippen LogP contribution in [0.5, 0.6) is 0 Å². The number of pyridine rings is 1. The number of ether oxygens (including phenoxy) is 1. The van der Waals surface area contributed by atoms with E-state index in [1.165, 1.54) is 7.11 Å². The number of nitrogens with zero attached hydrogens (tertiary/aromatic N) is 2. The number of rotatable bonds is 4.